The fourth-order valence-electron chi connectivity index (χ4n) is 1.56. The summed E-state index contributed by atoms with van der Waals surface area (Å²) in [5, 5.41) is 3.98. The lowest BCUT2D eigenvalue weighted by Gasteiger charge is -2.12. The summed E-state index contributed by atoms with van der Waals surface area (Å²) in [6.45, 7) is 1.36. The monoisotopic (exact) mass is 232 g/mol. The Hall–Kier alpha value is -2.17. The molecule has 1 N–H and O–H groups in total. The summed E-state index contributed by atoms with van der Waals surface area (Å²) in [6, 6.07) is 7.04. The van der Waals surface area contributed by atoms with Crippen molar-refractivity contribution in [1.82, 2.24) is 5.43 Å². The number of amides is 1. The van der Waals surface area contributed by atoms with Crippen molar-refractivity contribution in [2.24, 2.45) is 5.10 Å². The number of carbonyl (C=O) groups is 2. The first-order valence-corrected chi connectivity index (χ1v) is 5.29. The second-order valence-electron chi connectivity index (χ2n) is 3.71. The van der Waals surface area contributed by atoms with Crippen LogP contribution in [0.5, 0.6) is 5.75 Å². The van der Waals surface area contributed by atoms with Gasteiger partial charge in [0.25, 0.3) is 0 Å². The molecule has 1 aromatic rings. The molecule has 0 aliphatic carbocycles. The molecule has 0 atom stereocenters. The highest BCUT2D eigenvalue weighted by molar-refractivity contribution is 6.04. The maximum atomic E-state index is 10.9. The van der Waals surface area contributed by atoms with E-state index in [4.69, 9.17) is 4.74 Å². The normalized spacial score (nSPS) is 14.9. The first-order chi connectivity index (χ1) is 8.15. The molecule has 0 spiro atoms. The molecule has 0 radical (unpaired) electrons. The van der Waals surface area contributed by atoms with Crippen LogP contribution in [0.15, 0.2) is 29.4 Å². The number of carbonyl (C=O) groups excluding carboxylic acids is 2. The van der Waals surface area contributed by atoms with Crippen molar-refractivity contribution < 1.29 is 14.3 Å². The number of hydrogen-bond donors (Lipinski definition) is 1. The summed E-state index contributed by atoms with van der Waals surface area (Å²) in [5.74, 6) is 0.0898. The Morgan fingerprint density at radius 3 is 2.53 bits per heavy atom. The minimum Gasteiger partial charge on any atom is -0.427 e. The van der Waals surface area contributed by atoms with E-state index in [2.05, 4.69) is 10.5 Å². The molecule has 17 heavy (non-hydrogen) atoms. The average Bonchev–Trinajstić information content (AvgIpc) is 2.30. The predicted octanol–water partition coefficient (Wildman–Crippen LogP) is 1.23. The zero-order chi connectivity index (χ0) is 12.3. The van der Waals surface area contributed by atoms with E-state index in [0.29, 0.717) is 18.6 Å². The maximum absolute atomic E-state index is 10.9. The van der Waals surface area contributed by atoms with Crippen molar-refractivity contribution in [2.75, 3.05) is 0 Å². The van der Waals surface area contributed by atoms with E-state index >= 15 is 0 Å². The number of hydrogen-bond acceptors (Lipinski definition) is 4. The van der Waals surface area contributed by atoms with Crippen LogP contribution in [0.25, 0.3) is 0 Å². The van der Waals surface area contributed by atoms with Crippen LogP contribution in [0.3, 0.4) is 0 Å². The van der Waals surface area contributed by atoms with Crippen LogP contribution in [0.4, 0.5) is 0 Å². The smallest absolute Gasteiger partial charge is 0.308 e. The topological polar surface area (TPSA) is 67.8 Å². The number of ether oxygens (including phenoxy) is 1. The molecule has 2 rings (SSSR count). The van der Waals surface area contributed by atoms with Gasteiger partial charge in [-0.1, -0.05) is 0 Å². The molecular formula is C12H12N2O3. The summed E-state index contributed by atoms with van der Waals surface area (Å²) in [5.41, 5.74) is 4.19. The van der Waals surface area contributed by atoms with Crippen molar-refractivity contribution in [3.05, 3.63) is 29.8 Å². The van der Waals surface area contributed by atoms with Gasteiger partial charge in [0.15, 0.2) is 0 Å². The summed E-state index contributed by atoms with van der Waals surface area (Å²) in [7, 11) is 0. The standard InChI is InChI=1S/C12H12N2O3/c1-8(15)17-10-4-2-9(3-5-10)11-6-7-12(16)14-13-11/h2-5H,6-7H2,1H3,(H,14,16). The van der Waals surface area contributed by atoms with Crippen molar-refractivity contribution in [3.63, 3.8) is 0 Å². The summed E-state index contributed by atoms with van der Waals surface area (Å²) in [6.07, 6.45) is 1.07. The Morgan fingerprint density at radius 2 is 2.00 bits per heavy atom. The number of rotatable bonds is 2. The summed E-state index contributed by atoms with van der Waals surface area (Å²) >= 11 is 0. The van der Waals surface area contributed by atoms with E-state index < -0.39 is 0 Å². The van der Waals surface area contributed by atoms with Gasteiger partial charge in [-0.15, -0.1) is 0 Å². The van der Waals surface area contributed by atoms with Gasteiger partial charge in [0, 0.05) is 19.8 Å². The third-order valence-electron chi connectivity index (χ3n) is 2.35. The Labute approximate surface area is 98.5 Å². The number of nitrogens with one attached hydrogen (secondary N) is 1. The van der Waals surface area contributed by atoms with Crippen molar-refractivity contribution in [3.8, 4) is 5.75 Å². The molecule has 1 amide bonds. The van der Waals surface area contributed by atoms with E-state index in [1.165, 1.54) is 6.92 Å². The van der Waals surface area contributed by atoms with Crippen LogP contribution < -0.4 is 10.2 Å². The van der Waals surface area contributed by atoms with Crippen LogP contribution in [0.1, 0.15) is 25.3 Å². The molecule has 1 heterocycles. The largest absolute Gasteiger partial charge is 0.427 e. The highest BCUT2D eigenvalue weighted by atomic mass is 16.5. The number of benzene rings is 1. The summed E-state index contributed by atoms with van der Waals surface area (Å²) in [4.78, 5) is 21.7. The highest BCUT2D eigenvalue weighted by Gasteiger charge is 2.13. The zero-order valence-electron chi connectivity index (χ0n) is 9.40. The molecule has 0 unspecified atom stereocenters. The van der Waals surface area contributed by atoms with Gasteiger partial charge in [-0.3, -0.25) is 9.59 Å². The minimum atomic E-state index is -0.347. The maximum Gasteiger partial charge on any atom is 0.308 e. The predicted molar refractivity (Wildman–Crippen MR) is 61.7 cm³/mol. The van der Waals surface area contributed by atoms with E-state index in [1.807, 2.05) is 12.1 Å². The van der Waals surface area contributed by atoms with Gasteiger partial charge in [0.1, 0.15) is 5.75 Å². The van der Waals surface area contributed by atoms with Gasteiger partial charge < -0.3 is 4.74 Å². The zero-order valence-corrected chi connectivity index (χ0v) is 9.40. The lowest BCUT2D eigenvalue weighted by molar-refractivity contribution is -0.131. The second-order valence-corrected chi connectivity index (χ2v) is 3.71. The fraction of sp³-hybridized carbons (Fsp3) is 0.250. The number of esters is 1. The molecule has 0 saturated heterocycles. The van der Waals surface area contributed by atoms with Crippen molar-refractivity contribution in [2.45, 2.75) is 19.8 Å². The van der Waals surface area contributed by atoms with Crippen LogP contribution in [0.2, 0.25) is 0 Å². The lowest BCUT2D eigenvalue weighted by Crippen LogP contribution is -2.25. The summed E-state index contributed by atoms with van der Waals surface area (Å²) < 4.78 is 4.93. The number of nitrogens with zero attached hydrogens (tertiary/aromatic N) is 1. The lowest BCUT2D eigenvalue weighted by atomic mass is 10.0. The number of hydrazone groups is 1. The molecule has 1 aliphatic rings. The van der Waals surface area contributed by atoms with E-state index in [0.717, 1.165) is 11.3 Å². The van der Waals surface area contributed by atoms with Crippen molar-refractivity contribution >= 4 is 17.6 Å². The van der Waals surface area contributed by atoms with Crippen LogP contribution >= 0.6 is 0 Å². The van der Waals surface area contributed by atoms with Gasteiger partial charge in [0.05, 0.1) is 5.71 Å². The molecule has 1 aliphatic heterocycles. The Kier molecular flexibility index (Phi) is 3.18. The first kappa shape index (κ1) is 11.3. The van der Waals surface area contributed by atoms with Crippen LogP contribution in [-0.4, -0.2) is 17.6 Å². The van der Waals surface area contributed by atoms with Gasteiger partial charge in [-0.2, -0.15) is 5.10 Å². The fourth-order valence-corrected chi connectivity index (χ4v) is 1.56. The molecule has 1 aromatic carbocycles. The quantitative estimate of drug-likeness (QED) is 0.616. The molecule has 5 heteroatoms. The Balaban J connectivity index is 2.12. The SMILES string of the molecule is CC(=O)Oc1ccc(C2=NNC(=O)CC2)cc1. The molecular weight excluding hydrogens is 220 g/mol. The molecule has 5 nitrogen and oxygen atoms in total. The Morgan fingerprint density at radius 1 is 1.29 bits per heavy atom. The van der Waals surface area contributed by atoms with E-state index in [9.17, 15) is 9.59 Å². The van der Waals surface area contributed by atoms with Crippen LogP contribution in [-0.2, 0) is 9.59 Å². The molecule has 0 fully saturated rings. The highest BCUT2D eigenvalue weighted by Crippen LogP contribution is 2.15. The van der Waals surface area contributed by atoms with Crippen molar-refractivity contribution in [1.29, 1.82) is 0 Å². The van der Waals surface area contributed by atoms with E-state index in [-0.39, 0.29) is 11.9 Å². The average molecular weight is 232 g/mol. The first-order valence-electron chi connectivity index (χ1n) is 5.29. The molecule has 0 aromatic heterocycles. The van der Waals surface area contributed by atoms with Gasteiger partial charge in [0.2, 0.25) is 5.91 Å². The van der Waals surface area contributed by atoms with E-state index in [1.54, 1.807) is 12.1 Å². The minimum absolute atomic E-state index is 0.0646. The van der Waals surface area contributed by atoms with Gasteiger partial charge in [-0.05, 0) is 29.8 Å². The van der Waals surface area contributed by atoms with Crippen LogP contribution in [0, 0.1) is 0 Å². The third-order valence-corrected chi connectivity index (χ3v) is 2.35. The molecule has 0 bridgehead atoms. The molecule has 0 saturated carbocycles. The second kappa shape index (κ2) is 4.78. The third kappa shape index (κ3) is 2.90. The Bertz CT molecular complexity index is 477. The molecule has 88 valence electrons. The van der Waals surface area contributed by atoms with Gasteiger partial charge in [-0.25, -0.2) is 5.43 Å². The van der Waals surface area contributed by atoms with Gasteiger partial charge >= 0.3 is 5.97 Å².